The van der Waals surface area contributed by atoms with Crippen molar-refractivity contribution < 1.29 is 9.59 Å². The van der Waals surface area contributed by atoms with Crippen LogP contribution in [0, 0.1) is 5.92 Å². The van der Waals surface area contributed by atoms with Crippen molar-refractivity contribution in [2.24, 2.45) is 5.92 Å². The summed E-state index contributed by atoms with van der Waals surface area (Å²) >= 11 is 7.50. The summed E-state index contributed by atoms with van der Waals surface area (Å²) in [5.74, 6) is 0.976. The van der Waals surface area contributed by atoms with Crippen LogP contribution in [0.15, 0.2) is 60.9 Å². The summed E-state index contributed by atoms with van der Waals surface area (Å²) in [5, 5.41) is 4.62. The number of amides is 2. The number of fused-ring (bicyclic) bond motifs is 1. The molecule has 4 aromatic rings. The highest BCUT2D eigenvalue weighted by molar-refractivity contribution is 7.20. The van der Waals surface area contributed by atoms with Crippen LogP contribution in [0.5, 0.6) is 0 Å². The smallest absolute Gasteiger partial charge is 0.261 e. The highest BCUT2D eigenvalue weighted by Gasteiger charge is 2.31. The number of nitrogens with zero attached hydrogens (tertiary/aromatic N) is 4. The molecule has 0 aliphatic carbocycles. The number of imidazole rings is 1. The number of carbonyl (C=O) groups excluding carboxylic acids is 2. The number of rotatable bonds is 7. The quantitative estimate of drug-likeness (QED) is 0.397. The molecule has 1 fully saturated rings. The third-order valence-corrected chi connectivity index (χ3v) is 7.42. The van der Waals surface area contributed by atoms with E-state index in [0.717, 1.165) is 33.8 Å². The predicted octanol–water partition coefficient (Wildman–Crippen LogP) is 4.58. The van der Waals surface area contributed by atoms with E-state index in [4.69, 9.17) is 11.6 Å². The number of hydrogen-bond donors (Lipinski definition) is 1. The summed E-state index contributed by atoms with van der Waals surface area (Å²) in [6.07, 6.45) is 4.15. The SMILES string of the molecule is CN(C)Cc1nccn1-c1ccc(N2CC(CNC(=O)c3cc4cc(Cl)ccc4s3)CC2=O)cc1. The molecule has 7 nitrogen and oxygen atoms in total. The fourth-order valence-electron chi connectivity index (χ4n) is 4.38. The van der Waals surface area contributed by atoms with Gasteiger partial charge < -0.3 is 19.7 Å². The second kappa shape index (κ2) is 9.81. The maximum atomic E-state index is 12.7. The lowest BCUT2D eigenvalue weighted by molar-refractivity contribution is -0.117. The van der Waals surface area contributed by atoms with Gasteiger partial charge in [0.05, 0.1) is 11.4 Å². The molecule has 0 spiro atoms. The molecule has 0 radical (unpaired) electrons. The van der Waals surface area contributed by atoms with Crippen LogP contribution in [-0.4, -0.2) is 53.5 Å². The summed E-state index contributed by atoms with van der Waals surface area (Å²) in [6.45, 7) is 1.77. The van der Waals surface area contributed by atoms with Crippen molar-refractivity contribution >= 4 is 50.5 Å². The van der Waals surface area contributed by atoms with Crippen molar-refractivity contribution in [3.63, 3.8) is 0 Å². The first-order valence-electron chi connectivity index (χ1n) is 11.4. The highest BCUT2D eigenvalue weighted by Crippen LogP contribution is 2.29. The van der Waals surface area contributed by atoms with E-state index in [1.807, 2.05) is 68.8 Å². The second-order valence-electron chi connectivity index (χ2n) is 9.04. The van der Waals surface area contributed by atoms with Crippen molar-refractivity contribution in [1.29, 1.82) is 0 Å². The van der Waals surface area contributed by atoms with E-state index < -0.39 is 0 Å². The van der Waals surface area contributed by atoms with Crippen molar-refractivity contribution in [1.82, 2.24) is 19.8 Å². The van der Waals surface area contributed by atoms with E-state index in [-0.39, 0.29) is 17.7 Å². The molecular weight excluding hydrogens is 482 g/mol. The van der Waals surface area contributed by atoms with Gasteiger partial charge in [-0.05, 0) is 68.0 Å². The van der Waals surface area contributed by atoms with Crippen LogP contribution in [-0.2, 0) is 11.3 Å². The summed E-state index contributed by atoms with van der Waals surface area (Å²) in [6, 6.07) is 15.4. The Balaban J connectivity index is 1.21. The van der Waals surface area contributed by atoms with Gasteiger partial charge in [0.15, 0.2) is 0 Å². The fraction of sp³-hybridized carbons (Fsp3) is 0.269. The molecule has 1 aliphatic heterocycles. The Morgan fingerprint density at radius 2 is 1.94 bits per heavy atom. The molecule has 5 rings (SSSR count). The van der Waals surface area contributed by atoms with Crippen molar-refractivity contribution in [2.45, 2.75) is 13.0 Å². The van der Waals surface area contributed by atoms with Crippen LogP contribution >= 0.6 is 22.9 Å². The van der Waals surface area contributed by atoms with Gasteiger partial charge in [0.2, 0.25) is 5.91 Å². The van der Waals surface area contributed by atoms with Crippen LogP contribution in [0.2, 0.25) is 5.02 Å². The Labute approximate surface area is 212 Å². The molecule has 2 aromatic carbocycles. The second-order valence-corrected chi connectivity index (χ2v) is 10.6. The molecule has 3 heterocycles. The van der Waals surface area contributed by atoms with Crippen LogP contribution in [0.3, 0.4) is 0 Å². The van der Waals surface area contributed by atoms with Gasteiger partial charge in [0.1, 0.15) is 5.82 Å². The van der Waals surface area contributed by atoms with E-state index in [0.29, 0.717) is 29.4 Å². The number of halogens is 1. The number of carbonyl (C=O) groups is 2. The third kappa shape index (κ3) is 5.10. The average Bonchev–Trinajstić information content (AvgIpc) is 3.55. The van der Waals surface area contributed by atoms with Gasteiger partial charge in [-0.1, -0.05) is 11.6 Å². The lowest BCUT2D eigenvalue weighted by Gasteiger charge is -2.18. The number of aromatic nitrogens is 2. The normalized spacial score (nSPS) is 15.9. The molecular formula is C26H26ClN5O2S. The number of benzene rings is 2. The molecule has 1 N–H and O–H groups in total. The van der Waals surface area contributed by atoms with Gasteiger partial charge >= 0.3 is 0 Å². The Morgan fingerprint density at radius 1 is 1.17 bits per heavy atom. The Hall–Kier alpha value is -3.20. The zero-order chi connectivity index (χ0) is 24.5. The van der Waals surface area contributed by atoms with Gasteiger partial charge in [-0.25, -0.2) is 4.98 Å². The minimum absolute atomic E-state index is 0.0651. The van der Waals surface area contributed by atoms with Crippen LogP contribution in [0.4, 0.5) is 5.69 Å². The highest BCUT2D eigenvalue weighted by atomic mass is 35.5. The maximum Gasteiger partial charge on any atom is 0.261 e. The molecule has 0 saturated carbocycles. The lowest BCUT2D eigenvalue weighted by atomic mass is 10.1. The molecule has 1 aliphatic rings. The molecule has 2 amide bonds. The largest absolute Gasteiger partial charge is 0.351 e. The summed E-state index contributed by atoms with van der Waals surface area (Å²) in [4.78, 5) is 34.4. The number of nitrogens with one attached hydrogen (secondary N) is 1. The number of anilines is 1. The topological polar surface area (TPSA) is 70.5 Å². The molecule has 2 aromatic heterocycles. The van der Waals surface area contributed by atoms with E-state index in [9.17, 15) is 9.59 Å². The van der Waals surface area contributed by atoms with Crippen LogP contribution < -0.4 is 10.2 Å². The average molecular weight is 508 g/mol. The molecule has 35 heavy (non-hydrogen) atoms. The maximum absolute atomic E-state index is 12.7. The molecule has 9 heteroatoms. The van der Waals surface area contributed by atoms with Gasteiger partial charge in [-0.2, -0.15) is 0 Å². The first kappa shape index (κ1) is 23.5. The van der Waals surface area contributed by atoms with Gasteiger partial charge in [-0.3, -0.25) is 9.59 Å². The zero-order valence-electron chi connectivity index (χ0n) is 19.6. The fourth-order valence-corrected chi connectivity index (χ4v) is 5.52. The Bertz CT molecular complexity index is 1380. The molecule has 1 atom stereocenters. The molecule has 1 saturated heterocycles. The van der Waals surface area contributed by atoms with Gasteiger partial charge in [0, 0.05) is 58.9 Å². The molecule has 0 bridgehead atoms. The van der Waals surface area contributed by atoms with Gasteiger partial charge in [-0.15, -0.1) is 11.3 Å². The van der Waals surface area contributed by atoms with Crippen LogP contribution in [0.1, 0.15) is 21.9 Å². The first-order chi connectivity index (χ1) is 16.9. The van der Waals surface area contributed by atoms with Crippen molar-refractivity contribution in [3.05, 3.63) is 76.6 Å². The predicted molar refractivity (Wildman–Crippen MR) is 141 cm³/mol. The Morgan fingerprint density at radius 3 is 2.71 bits per heavy atom. The van der Waals surface area contributed by atoms with E-state index in [1.165, 1.54) is 11.3 Å². The Kier molecular flexibility index (Phi) is 6.60. The first-order valence-corrected chi connectivity index (χ1v) is 12.6. The monoisotopic (exact) mass is 507 g/mol. The summed E-state index contributed by atoms with van der Waals surface area (Å²) in [5.41, 5.74) is 1.87. The zero-order valence-corrected chi connectivity index (χ0v) is 21.1. The van der Waals surface area contributed by atoms with Crippen LogP contribution in [0.25, 0.3) is 15.8 Å². The van der Waals surface area contributed by atoms with Crippen molar-refractivity contribution in [2.75, 3.05) is 32.1 Å². The number of hydrogen-bond acceptors (Lipinski definition) is 5. The number of thiophene rings is 1. The van der Waals surface area contributed by atoms with Crippen molar-refractivity contribution in [3.8, 4) is 5.69 Å². The van der Waals surface area contributed by atoms with Gasteiger partial charge in [0.25, 0.3) is 5.91 Å². The standard InChI is InChI=1S/C26H26ClN5O2S/c1-30(2)16-24-28-9-10-31(24)20-4-6-21(7-5-20)32-15-17(11-25(32)33)14-29-26(34)23-13-18-12-19(27)3-8-22(18)35-23/h3-10,12-13,17H,11,14-16H2,1-2H3,(H,29,34). The third-order valence-electron chi connectivity index (χ3n) is 6.07. The minimum Gasteiger partial charge on any atom is -0.351 e. The summed E-state index contributed by atoms with van der Waals surface area (Å²) < 4.78 is 3.07. The molecule has 180 valence electrons. The summed E-state index contributed by atoms with van der Waals surface area (Å²) in [7, 11) is 4.02. The lowest BCUT2D eigenvalue weighted by Crippen LogP contribution is -2.30. The molecule has 1 unspecified atom stereocenters. The van der Waals surface area contributed by atoms with E-state index >= 15 is 0 Å². The minimum atomic E-state index is -0.119. The van der Waals surface area contributed by atoms with E-state index in [2.05, 4.69) is 19.8 Å². The van der Waals surface area contributed by atoms with E-state index in [1.54, 1.807) is 11.1 Å².